The van der Waals surface area contributed by atoms with E-state index in [0.29, 0.717) is 12.2 Å². The minimum atomic E-state index is -1.36. The van der Waals surface area contributed by atoms with Gasteiger partial charge in [-0.15, -0.1) is 12.6 Å². The topological polar surface area (TPSA) is 63.3 Å². The van der Waals surface area contributed by atoms with E-state index in [1.54, 1.807) is 11.8 Å². The molecule has 0 aromatic heterocycles. The summed E-state index contributed by atoms with van der Waals surface area (Å²) in [5, 5.41) is 8.46. The molecule has 0 aromatic rings. The quantitative estimate of drug-likeness (QED) is 0.434. The number of thiol groups is 1. The van der Waals surface area contributed by atoms with Gasteiger partial charge in [0.25, 0.3) is 0 Å². The molecule has 5 heteroatoms. The Labute approximate surface area is 69.8 Å². The molecule has 3 nitrogen and oxygen atoms in total. The minimum absolute atomic E-state index is 0.382. The smallest absolute Gasteiger partial charge is 0.333 e. The SMILES string of the molecule is CSCCC(N)(S)C(=O)O. The molecule has 0 rings (SSSR count). The number of rotatable bonds is 4. The highest BCUT2D eigenvalue weighted by Crippen LogP contribution is 2.14. The Balaban J connectivity index is 3.75. The van der Waals surface area contributed by atoms with Gasteiger partial charge in [-0.05, 0) is 18.4 Å². The van der Waals surface area contributed by atoms with Crippen LogP contribution in [0.2, 0.25) is 0 Å². The van der Waals surface area contributed by atoms with Crippen LogP contribution in [0.3, 0.4) is 0 Å². The van der Waals surface area contributed by atoms with Crippen LogP contribution in [0, 0.1) is 0 Å². The van der Waals surface area contributed by atoms with E-state index in [1.807, 2.05) is 6.26 Å². The zero-order valence-electron chi connectivity index (χ0n) is 5.70. The van der Waals surface area contributed by atoms with Crippen LogP contribution in [0.5, 0.6) is 0 Å². The van der Waals surface area contributed by atoms with Gasteiger partial charge in [-0.25, -0.2) is 4.79 Å². The van der Waals surface area contributed by atoms with E-state index in [4.69, 9.17) is 10.8 Å². The van der Waals surface area contributed by atoms with E-state index >= 15 is 0 Å². The molecule has 0 spiro atoms. The normalized spacial score (nSPS) is 16.3. The van der Waals surface area contributed by atoms with Crippen LogP contribution in [0.4, 0.5) is 0 Å². The summed E-state index contributed by atoms with van der Waals surface area (Å²) >= 11 is 5.33. The van der Waals surface area contributed by atoms with Crippen molar-refractivity contribution in [2.24, 2.45) is 5.73 Å². The first kappa shape index (κ1) is 10.1. The van der Waals surface area contributed by atoms with E-state index in [9.17, 15) is 4.79 Å². The molecule has 0 amide bonds. The van der Waals surface area contributed by atoms with Crippen molar-refractivity contribution in [1.82, 2.24) is 0 Å². The van der Waals surface area contributed by atoms with Crippen molar-refractivity contribution < 1.29 is 9.90 Å². The summed E-state index contributed by atoms with van der Waals surface area (Å²) in [4.78, 5) is 8.96. The monoisotopic (exact) mass is 181 g/mol. The van der Waals surface area contributed by atoms with Gasteiger partial charge in [-0.3, -0.25) is 0 Å². The van der Waals surface area contributed by atoms with Gasteiger partial charge in [0, 0.05) is 0 Å². The van der Waals surface area contributed by atoms with Gasteiger partial charge in [-0.1, -0.05) is 0 Å². The fraction of sp³-hybridized carbons (Fsp3) is 0.800. The van der Waals surface area contributed by atoms with E-state index in [1.165, 1.54) is 0 Å². The predicted octanol–water partition coefficient (Wildman–Crippen LogP) is 0.409. The van der Waals surface area contributed by atoms with Crippen molar-refractivity contribution >= 4 is 30.4 Å². The molecule has 10 heavy (non-hydrogen) atoms. The lowest BCUT2D eigenvalue weighted by atomic mass is 10.2. The zero-order valence-corrected chi connectivity index (χ0v) is 7.41. The Morgan fingerprint density at radius 3 is 2.70 bits per heavy atom. The third-order valence-electron chi connectivity index (χ3n) is 1.06. The Bertz CT molecular complexity index is 127. The van der Waals surface area contributed by atoms with Gasteiger partial charge in [0.15, 0.2) is 4.87 Å². The van der Waals surface area contributed by atoms with E-state index < -0.39 is 10.8 Å². The number of aliphatic carboxylic acids is 1. The van der Waals surface area contributed by atoms with Gasteiger partial charge in [0.2, 0.25) is 0 Å². The molecule has 0 radical (unpaired) electrons. The summed E-state index contributed by atoms with van der Waals surface area (Å²) in [7, 11) is 0. The lowest BCUT2D eigenvalue weighted by molar-refractivity contribution is -0.139. The van der Waals surface area contributed by atoms with Crippen LogP contribution in [0.1, 0.15) is 6.42 Å². The Kier molecular flexibility index (Phi) is 4.15. The second kappa shape index (κ2) is 4.10. The van der Waals surface area contributed by atoms with Crippen molar-refractivity contribution in [2.45, 2.75) is 11.3 Å². The summed E-state index contributed by atoms with van der Waals surface area (Å²) < 4.78 is 0. The average Bonchev–Trinajstić information content (AvgIpc) is 1.84. The van der Waals surface area contributed by atoms with Crippen molar-refractivity contribution in [2.75, 3.05) is 12.0 Å². The first-order valence-corrected chi connectivity index (χ1v) is 4.58. The molecule has 3 N–H and O–H groups in total. The lowest BCUT2D eigenvalue weighted by Gasteiger charge is -2.16. The third kappa shape index (κ3) is 3.34. The molecule has 1 atom stereocenters. The number of hydrogen-bond donors (Lipinski definition) is 3. The summed E-state index contributed by atoms with van der Waals surface area (Å²) in [5.74, 6) is -0.350. The summed E-state index contributed by atoms with van der Waals surface area (Å²) in [6.07, 6.45) is 2.28. The Hall–Kier alpha value is 0.130. The molecule has 0 fully saturated rings. The maximum atomic E-state index is 10.3. The third-order valence-corrected chi connectivity index (χ3v) is 2.08. The van der Waals surface area contributed by atoms with Crippen LogP contribution in [-0.2, 0) is 4.79 Å². The fourth-order valence-corrected chi connectivity index (χ4v) is 1.15. The molecule has 0 aliphatic heterocycles. The molecule has 60 valence electrons. The van der Waals surface area contributed by atoms with E-state index in [-0.39, 0.29) is 0 Å². The maximum absolute atomic E-state index is 10.3. The first-order valence-electron chi connectivity index (χ1n) is 2.74. The van der Waals surface area contributed by atoms with Crippen LogP contribution in [0.15, 0.2) is 0 Å². The fourth-order valence-electron chi connectivity index (χ4n) is 0.365. The van der Waals surface area contributed by atoms with Gasteiger partial charge in [0.1, 0.15) is 0 Å². The van der Waals surface area contributed by atoms with Crippen LogP contribution in [-0.4, -0.2) is 28.0 Å². The zero-order chi connectivity index (χ0) is 8.20. The van der Waals surface area contributed by atoms with Crippen LogP contribution >= 0.6 is 24.4 Å². The maximum Gasteiger partial charge on any atom is 0.333 e. The highest BCUT2D eigenvalue weighted by Gasteiger charge is 2.27. The summed E-state index contributed by atoms with van der Waals surface area (Å²) in [6, 6.07) is 0. The number of nitrogens with two attached hydrogens (primary N) is 1. The predicted molar refractivity (Wildman–Crippen MR) is 46.5 cm³/mol. The number of carboxylic acid groups (broad SMARTS) is 1. The molecule has 0 saturated carbocycles. The molecule has 0 aliphatic rings. The van der Waals surface area contributed by atoms with Crippen molar-refractivity contribution in [3.8, 4) is 0 Å². The highest BCUT2D eigenvalue weighted by atomic mass is 32.2. The van der Waals surface area contributed by atoms with Gasteiger partial charge < -0.3 is 10.8 Å². The van der Waals surface area contributed by atoms with Crippen molar-refractivity contribution in [3.05, 3.63) is 0 Å². The largest absolute Gasteiger partial charge is 0.479 e. The van der Waals surface area contributed by atoms with Gasteiger partial charge >= 0.3 is 5.97 Å². The van der Waals surface area contributed by atoms with Crippen LogP contribution in [0.25, 0.3) is 0 Å². The van der Waals surface area contributed by atoms with Gasteiger partial charge in [0.05, 0.1) is 0 Å². The highest BCUT2D eigenvalue weighted by molar-refractivity contribution is 7.98. The molecule has 0 heterocycles. The summed E-state index contributed by atoms with van der Waals surface area (Å²) in [6.45, 7) is 0. The van der Waals surface area contributed by atoms with Crippen molar-refractivity contribution in [3.63, 3.8) is 0 Å². The lowest BCUT2D eigenvalue weighted by Crippen LogP contribution is -2.42. The molecule has 0 aliphatic carbocycles. The molecule has 1 unspecified atom stereocenters. The van der Waals surface area contributed by atoms with Gasteiger partial charge in [-0.2, -0.15) is 11.8 Å². The summed E-state index contributed by atoms with van der Waals surface area (Å²) in [5.41, 5.74) is 5.30. The number of carboxylic acids is 1. The molecule has 0 bridgehead atoms. The Morgan fingerprint density at radius 1 is 1.90 bits per heavy atom. The van der Waals surface area contributed by atoms with E-state index in [2.05, 4.69) is 12.6 Å². The second-order valence-electron chi connectivity index (χ2n) is 1.97. The molecular formula is C5H11NO2S2. The number of carbonyl (C=O) groups is 1. The molecule has 0 aromatic carbocycles. The number of thioether (sulfide) groups is 1. The molecule has 0 saturated heterocycles. The second-order valence-corrected chi connectivity index (χ2v) is 3.76. The molecular weight excluding hydrogens is 170 g/mol. The Morgan fingerprint density at radius 2 is 2.40 bits per heavy atom. The average molecular weight is 181 g/mol. The number of hydrogen-bond acceptors (Lipinski definition) is 4. The van der Waals surface area contributed by atoms with E-state index in [0.717, 1.165) is 0 Å². The standard InChI is InChI=1S/C5H11NO2S2/c1-10-3-2-5(6,9)4(7)8/h9H,2-3,6H2,1H3,(H,7,8). The van der Waals surface area contributed by atoms with Crippen molar-refractivity contribution in [1.29, 1.82) is 0 Å². The minimum Gasteiger partial charge on any atom is -0.479 e. The first-order chi connectivity index (χ1) is 4.50. The van der Waals surface area contributed by atoms with Crippen LogP contribution < -0.4 is 5.73 Å².